The summed E-state index contributed by atoms with van der Waals surface area (Å²) in [5, 5.41) is 14.8. The summed E-state index contributed by atoms with van der Waals surface area (Å²) in [6.07, 6.45) is -4.89. The summed E-state index contributed by atoms with van der Waals surface area (Å²) in [7, 11) is 0. The fourth-order valence-corrected chi connectivity index (χ4v) is 2.11. The Hall–Kier alpha value is -2.54. The third-order valence-corrected chi connectivity index (χ3v) is 3.34. The van der Waals surface area contributed by atoms with Crippen molar-refractivity contribution in [2.45, 2.75) is 18.7 Å². The smallest absolute Gasteiger partial charge is 0.388 e. The lowest BCUT2D eigenvalue weighted by atomic mass is 10.1. The number of carbonyl (C=O) groups excluding carboxylic acids is 1. The normalized spacial score (nSPS) is 12.5. The van der Waals surface area contributed by atoms with Crippen molar-refractivity contribution in [2.75, 3.05) is 11.9 Å². The lowest BCUT2D eigenvalue weighted by molar-refractivity contribution is -0.137. The van der Waals surface area contributed by atoms with Crippen molar-refractivity contribution >= 4 is 11.7 Å². The number of carbonyl (C=O) groups is 1. The van der Waals surface area contributed by atoms with Crippen LogP contribution in [0, 0.1) is 0 Å². The number of urea groups is 1. The second kappa shape index (κ2) is 7.83. The van der Waals surface area contributed by atoms with Crippen LogP contribution in [0.5, 0.6) is 0 Å². The average molecular weight is 338 g/mol. The van der Waals surface area contributed by atoms with Crippen LogP contribution in [0.25, 0.3) is 0 Å². The highest BCUT2D eigenvalue weighted by Crippen LogP contribution is 2.30. The predicted octanol–water partition coefficient (Wildman–Crippen LogP) is 3.95. The first-order chi connectivity index (χ1) is 11.4. The van der Waals surface area contributed by atoms with Gasteiger partial charge in [-0.25, -0.2) is 4.79 Å². The molecule has 3 N–H and O–H groups in total. The van der Waals surface area contributed by atoms with Crippen molar-refractivity contribution in [3.05, 3.63) is 65.7 Å². The van der Waals surface area contributed by atoms with E-state index in [1.165, 1.54) is 12.1 Å². The van der Waals surface area contributed by atoms with E-state index in [1.54, 1.807) is 24.3 Å². The summed E-state index contributed by atoms with van der Waals surface area (Å²) >= 11 is 0. The standard InChI is InChI=1S/C17H17F3N2O2/c18-17(19,20)13-7-4-8-14(11-13)22-16(24)21-10-9-15(23)12-5-2-1-3-6-12/h1-8,11,15,23H,9-10H2,(H2,21,22,24)/t15-/m1/s1. The molecule has 0 unspecified atom stereocenters. The molecule has 0 aliphatic rings. The molecule has 0 fully saturated rings. The van der Waals surface area contributed by atoms with Crippen LogP contribution in [0.2, 0.25) is 0 Å². The Morgan fingerprint density at radius 2 is 1.79 bits per heavy atom. The molecule has 0 saturated heterocycles. The predicted molar refractivity (Wildman–Crippen MR) is 84.5 cm³/mol. The third kappa shape index (κ3) is 5.27. The van der Waals surface area contributed by atoms with E-state index in [-0.39, 0.29) is 12.2 Å². The molecule has 0 saturated carbocycles. The van der Waals surface area contributed by atoms with Crippen LogP contribution in [-0.4, -0.2) is 17.7 Å². The number of hydrogen-bond donors (Lipinski definition) is 3. The monoisotopic (exact) mass is 338 g/mol. The van der Waals surface area contributed by atoms with E-state index in [9.17, 15) is 23.1 Å². The number of rotatable bonds is 5. The Balaban J connectivity index is 1.81. The molecule has 0 aliphatic heterocycles. The number of anilines is 1. The van der Waals surface area contributed by atoms with Crippen LogP contribution in [0.4, 0.5) is 23.7 Å². The molecule has 7 heteroatoms. The minimum atomic E-state index is -4.46. The Morgan fingerprint density at radius 3 is 2.46 bits per heavy atom. The minimum absolute atomic E-state index is 0.0472. The molecule has 0 heterocycles. The average Bonchev–Trinajstić information content (AvgIpc) is 2.55. The van der Waals surface area contributed by atoms with Gasteiger partial charge in [-0.05, 0) is 30.2 Å². The number of aliphatic hydroxyl groups excluding tert-OH is 1. The van der Waals surface area contributed by atoms with Crippen molar-refractivity contribution in [1.29, 1.82) is 0 Å². The molecule has 2 aromatic carbocycles. The lowest BCUT2D eigenvalue weighted by Crippen LogP contribution is -2.30. The number of nitrogens with one attached hydrogen (secondary N) is 2. The van der Waals surface area contributed by atoms with Gasteiger partial charge in [0.1, 0.15) is 0 Å². The number of hydrogen-bond acceptors (Lipinski definition) is 2. The highest BCUT2D eigenvalue weighted by Gasteiger charge is 2.30. The quantitative estimate of drug-likeness (QED) is 0.773. The van der Waals surface area contributed by atoms with Crippen molar-refractivity contribution in [3.63, 3.8) is 0 Å². The molecule has 0 radical (unpaired) electrons. The SMILES string of the molecule is O=C(NCC[C@@H](O)c1ccccc1)Nc1cccc(C(F)(F)F)c1. The molecule has 0 bridgehead atoms. The largest absolute Gasteiger partial charge is 0.416 e. The fourth-order valence-electron chi connectivity index (χ4n) is 2.11. The van der Waals surface area contributed by atoms with Crippen molar-refractivity contribution in [3.8, 4) is 0 Å². The number of aliphatic hydroxyl groups is 1. The summed E-state index contributed by atoms with van der Waals surface area (Å²) in [6, 6.07) is 12.7. The number of halogens is 3. The van der Waals surface area contributed by atoms with E-state index >= 15 is 0 Å². The van der Waals surface area contributed by atoms with E-state index in [4.69, 9.17) is 0 Å². The van der Waals surface area contributed by atoms with E-state index in [0.29, 0.717) is 6.42 Å². The van der Waals surface area contributed by atoms with Crippen LogP contribution in [0.3, 0.4) is 0 Å². The Morgan fingerprint density at radius 1 is 1.08 bits per heavy atom. The second-order valence-electron chi connectivity index (χ2n) is 5.17. The van der Waals surface area contributed by atoms with E-state index in [1.807, 2.05) is 6.07 Å². The minimum Gasteiger partial charge on any atom is -0.388 e. The maximum atomic E-state index is 12.6. The molecule has 2 rings (SSSR count). The maximum absolute atomic E-state index is 12.6. The van der Waals surface area contributed by atoms with Crippen LogP contribution in [-0.2, 0) is 6.18 Å². The molecule has 0 aliphatic carbocycles. The number of amides is 2. The topological polar surface area (TPSA) is 61.4 Å². The fraction of sp³-hybridized carbons (Fsp3) is 0.235. The molecule has 0 aromatic heterocycles. The van der Waals surface area contributed by atoms with Crippen LogP contribution in [0.15, 0.2) is 54.6 Å². The van der Waals surface area contributed by atoms with Gasteiger partial charge in [-0.1, -0.05) is 36.4 Å². The van der Waals surface area contributed by atoms with Gasteiger partial charge in [-0.15, -0.1) is 0 Å². The highest BCUT2D eigenvalue weighted by atomic mass is 19.4. The van der Waals surface area contributed by atoms with Crippen molar-refractivity contribution in [2.24, 2.45) is 0 Å². The Labute approximate surface area is 137 Å². The zero-order valence-corrected chi connectivity index (χ0v) is 12.7. The van der Waals surface area contributed by atoms with E-state index in [2.05, 4.69) is 10.6 Å². The zero-order chi connectivity index (χ0) is 17.6. The van der Waals surface area contributed by atoms with Gasteiger partial charge in [0.25, 0.3) is 0 Å². The molecule has 24 heavy (non-hydrogen) atoms. The first-order valence-electron chi connectivity index (χ1n) is 7.31. The molecule has 1 atom stereocenters. The highest BCUT2D eigenvalue weighted by molar-refractivity contribution is 5.89. The maximum Gasteiger partial charge on any atom is 0.416 e. The molecular formula is C17H17F3N2O2. The van der Waals surface area contributed by atoms with E-state index < -0.39 is 23.9 Å². The Bertz CT molecular complexity index is 675. The third-order valence-electron chi connectivity index (χ3n) is 3.34. The van der Waals surface area contributed by atoms with Gasteiger partial charge in [0.05, 0.1) is 11.7 Å². The number of alkyl halides is 3. The summed E-state index contributed by atoms with van der Waals surface area (Å²) in [5.41, 5.74) is -0.0525. The van der Waals surface area contributed by atoms with Gasteiger partial charge in [0.15, 0.2) is 0 Å². The van der Waals surface area contributed by atoms with Crippen LogP contribution < -0.4 is 10.6 Å². The summed E-state index contributed by atoms with van der Waals surface area (Å²) < 4.78 is 37.8. The number of benzene rings is 2. The van der Waals surface area contributed by atoms with Crippen LogP contribution in [0.1, 0.15) is 23.7 Å². The molecule has 0 spiro atoms. The molecular weight excluding hydrogens is 321 g/mol. The van der Waals surface area contributed by atoms with Gasteiger partial charge >= 0.3 is 12.2 Å². The Kier molecular flexibility index (Phi) is 5.81. The molecule has 2 aromatic rings. The lowest BCUT2D eigenvalue weighted by Gasteiger charge is -2.13. The van der Waals surface area contributed by atoms with Crippen LogP contribution >= 0.6 is 0 Å². The first kappa shape index (κ1) is 17.8. The van der Waals surface area contributed by atoms with Gasteiger partial charge in [-0.3, -0.25) is 0 Å². The summed E-state index contributed by atoms with van der Waals surface area (Å²) in [5.74, 6) is 0. The molecule has 128 valence electrons. The van der Waals surface area contributed by atoms with Crippen molar-refractivity contribution < 1.29 is 23.1 Å². The van der Waals surface area contributed by atoms with Gasteiger partial charge < -0.3 is 15.7 Å². The van der Waals surface area contributed by atoms with Gasteiger partial charge in [0, 0.05) is 12.2 Å². The second-order valence-corrected chi connectivity index (χ2v) is 5.17. The zero-order valence-electron chi connectivity index (χ0n) is 12.7. The molecule has 2 amide bonds. The summed E-state index contributed by atoms with van der Waals surface area (Å²) in [6.45, 7) is 0.181. The van der Waals surface area contributed by atoms with Gasteiger partial charge in [0.2, 0.25) is 0 Å². The van der Waals surface area contributed by atoms with Gasteiger partial charge in [-0.2, -0.15) is 13.2 Å². The van der Waals surface area contributed by atoms with E-state index in [0.717, 1.165) is 17.7 Å². The van der Waals surface area contributed by atoms with Crippen molar-refractivity contribution in [1.82, 2.24) is 5.32 Å². The summed E-state index contributed by atoms with van der Waals surface area (Å²) in [4.78, 5) is 11.7. The first-order valence-corrected chi connectivity index (χ1v) is 7.31. The molecule has 4 nitrogen and oxygen atoms in total.